The molecule has 1 aliphatic rings. The van der Waals surface area contributed by atoms with Gasteiger partial charge in [0.15, 0.2) is 17.5 Å². The molecule has 1 aliphatic heterocycles. The molecule has 120 valence electrons. The van der Waals surface area contributed by atoms with Gasteiger partial charge in [-0.15, -0.1) is 0 Å². The predicted molar refractivity (Wildman–Crippen MR) is 84.6 cm³/mol. The predicted octanol–water partition coefficient (Wildman–Crippen LogP) is 2.70. The summed E-state index contributed by atoms with van der Waals surface area (Å²) in [5.74, 6) is -2.60. The number of ether oxygens (including phenoxy) is 2. The van der Waals surface area contributed by atoms with Crippen LogP contribution >= 0.6 is 0 Å². The molecule has 23 heavy (non-hydrogen) atoms. The zero-order valence-corrected chi connectivity index (χ0v) is 13.2. The molecule has 0 saturated carbocycles. The number of carbonyl (C=O) groups excluding carboxylic acids is 3. The van der Waals surface area contributed by atoms with Gasteiger partial charge in [-0.25, -0.2) is 0 Å². The van der Waals surface area contributed by atoms with E-state index in [0.717, 1.165) is 6.08 Å². The van der Waals surface area contributed by atoms with Crippen LogP contribution in [0.25, 0.3) is 6.08 Å². The maximum Gasteiger partial charge on any atom is 0.329 e. The number of hydrogen-bond donors (Lipinski definition) is 0. The Morgan fingerprint density at radius 1 is 1.26 bits per heavy atom. The first-order valence-corrected chi connectivity index (χ1v) is 7.30. The third-order valence-electron chi connectivity index (χ3n) is 3.12. The van der Waals surface area contributed by atoms with Crippen molar-refractivity contribution in [2.45, 2.75) is 26.9 Å². The maximum absolute atomic E-state index is 12.2. The summed E-state index contributed by atoms with van der Waals surface area (Å²) in [5, 5.41) is 0. The first-order chi connectivity index (χ1) is 10.9. The largest absolute Gasteiger partial charge is 0.490 e. The summed E-state index contributed by atoms with van der Waals surface area (Å²) in [7, 11) is 0. The molecule has 1 atom stereocenters. The van der Waals surface area contributed by atoms with Crippen molar-refractivity contribution in [2.24, 2.45) is 5.92 Å². The highest BCUT2D eigenvalue weighted by Gasteiger charge is 2.36. The number of benzene rings is 1. The zero-order chi connectivity index (χ0) is 17.0. The highest BCUT2D eigenvalue weighted by atomic mass is 16.5. The number of hydrogen-bond acceptors (Lipinski definition) is 5. The quantitative estimate of drug-likeness (QED) is 0.475. The van der Waals surface area contributed by atoms with E-state index in [4.69, 9.17) is 9.47 Å². The molecule has 1 aromatic carbocycles. The Morgan fingerprint density at radius 3 is 2.61 bits per heavy atom. The Kier molecular flexibility index (Phi) is 5.11. The normalized spacial score (nSPS) is 18.1. The summed E-state index contributed by atoms with van der Waals surface area (Å²) in [6.07, 6.45) is 3.89. The van der Waals surface area contributed by atoms with Gasteiger partial charge in [0.25, 0.3) is 0 Å². The minimum atomic E-state index is -1.42. The fourth-order valence-corrected chi connectivity index (χ4v) is 2.15. The van der Waals surface area contributed by atoms with Crippen molar-refractivity contribution in [3.8, 4) is 5.75 Å². The first-order valence-electron chi connectivity index (χ1n) is 7.30. The lowest BCUT2D eigenvalue weighted by Gasteiger charge is -2.16. The molecule has 0 bridgehead atoms. The van der Waals surface area contributed by atoms with E-state index in [2.05, 4.69) is 0 Å². The summed E-state index contributed by atoms with van der Waals surface area (Å²) in [5.41, 5.74) is 0.692. The number of esters is 1. The molecule has 1 heterocycles. The van der Waals surface area contributed by atoms with E-state index in [-0.39, 0.29) is 11.9 Å². The SMILES string of the molecule is CC1=CC(=O)[C@H](C(=O)/C=C\c2ccccc2OC(C)C)C(=O)O1. The molecule has 0 unspecified atom stereocenters. The topological polar surface area (TPSA) is 69.7 Å². The lowest BCUT2D eigenvalue weighted by atomic mass is 9.96. The van der Waals surface area contributed by atoms with E-state index in [0.29, 0.717) is 11.3 Å². The minimum Gasteiger partial charge on any atom is -0.490 e. The molecular formula is C18H18O5. The molecule has 0 fully saturated rings. The summed E-state index contributed by atoms with van der Waals surface area (Å²) in [6, 6.07) is 7.21. The molecule has 5 heteroatoms. The van der Waals surface area contributed by atoms with Gasteiger partial charge in [-0.2, -0.15) is 0 Å². The molecule has 0 saturated heterocycles. The van der Waals surface area contributed by atoms with Gasteiger partial charge < -0.3 is 9.47 Å². The van der Waals surface area contributed by atoms with Crippen LogP contribution in [0.3, 0.4) is 0 Å². The molecule has 5 nitrogen and oxygen atoms in total. The Labute approximate surface area is 134 Å². The van der Waals surface area contributed by atoms with Crippen molar-refractivity contribution in [1.29, 1.82) is 0 Å². The summed E-state index contributed by atoms with van der Waals surface area (Å²) in [4.78, 5) is 35.7. The first kappa shape index (κ1) is 16.7. The van der Waals surface area contributed by atoms with Crippen molar-refractivity contribution in [3.05, 3.63) is 47.7 Å². The third kappa shape index (κ3) is 4.16. The Bertz CT molecular complexity index is 697. The molecule has 2 rings (SSSR count). The van der Waals surface area contributed by atoms with E-state index in [9.17, 15) is 14.4 Å². The van der Waals surface area contributed by atoms with Crippen molar-refractivity contribution >= 4 is 23.6 Å². The maximum atomic E-state index is 12.2. The van der Waals surface area contributed by atoms with Gasteiger partial charge in [0.05, 0.1) is 6.10 Å². The lowest BCUT2D eigenvalue weighted by Crippen LogP contribution is -2.34. The number of cyclic esters (lactones) is 1. The summed E-state index contributed by atoms with van der Waals surface area (Å²) in [6.45, 7) is 5.29. The van der Waals surface area contributed by atoms with Crippen LogP contribution in [0.15, 0.2) is 42.2 Å². The van der Waals surface area contributed by atoms with Crippen molar-refractivity contribution in [2.75, 3.05) is 0 Å². The Balaban J connectivity index is 2.19. The van der Waals surface area contributed by atoms with Crippen LogP contribution in [0.1, 0.15) is 26.3 Å². The zero-order valence-electron chi connectivity index (χ0n) is 13.2. The van der Waals surface area contributed by atoms with Gasteiger partial charge in [-0.3, -0.25) is 14.4 Å². The number of ketones is 2. The Morgan fingerprint density at radius 2 is 1.96 bits per heavy atom. The van der Waals surface area contributed by atoms with Crippen LogP contribution < -0.4 is 4.74 Å². The second-order valence-electron chi connectivity index (χ2n) is 5.45. The molecule has 0 spiro atoms. The molecular weight excluding hydrogens is 296 g/mol. The average molecular weight is 314 g/mol. The van der Waals surface area contributed by atoms with Gasteiger partial charge in [-0.1, -0.05) is 18.2 Å². The van der Waals surface area contributed by atoms with Gasteiger partial charge in [0, 0.05) is 11.6 Å². The number of carbonyl (C=O) groups is 3. The highest BCUT2D eigenvalue weighted by Crippen LogP contribution is 2.22. The molecule has 1 aromatic rings. The van der Waals surface area contributed by atoms with E-state index in [1.54, 1.807) is 12.1 Å². The fourth-order valence-electron chi connectivity index (χ4n) is 2.15. The van der Waals surface area contributed by atoms with Crippen LogP contribution in [0.2, 0.25) is 0 Å². The second-order valence-corrected chi connectivity index (χ2v) is 5.45. The minimum absolute atomic E-state index is 0.0109. The van der Waals surface area contributed by atoms with Gasteiger partial charge in [0.1, 0.15) is 11.5 Å². The van der Waals surface area contributed by atoms with Crippen molar-refractivity contribution in [3.63, 3.8) is 0 Å². The number of para-hydroxylation sites is 1. The van der Waals surface area contributed by atoms with E-state index < -0.39 is 23.5 Å². The van der Waals surface area contributed by atoms with E-state index >= 15 is 0 Å². The molecule has 0 aliphatic carbocycles. The van der Waals surface area contributed by atoms with E-state index in [1.807, 2.05) is 26.0 Å². The summed E-state index contributed by atoms with van der Waals surface area (Å²) >= 11 is 0. The standard InChI is InChI=1S/C18H18O5/c1-11(2)22-16-7-5-4-6-13(16)8-9-14(19)17-15(20)10-12(3)23-18(17)21/h4-11,17H,1-3H3/b9-8-/t17-/m0/s1. The van der Waals surface area contributed by atoms with Crippen LogP contribution in [0.5, 0.6) is 5.75 Å². The van der Waals surface area contributed by atoms with Gasteiger partial charge >= 0.3 is 5.97 Å². The molecule has 0 N–H and O–H groups in total. The van der Waals surface area contributed by atoms with Gasteiger partial charge in [-0.05, 0) is 39.0 Å². The molecule has 0 amide bonds. The smallest absolute Gasteiger partial charge is 0.329 e. The summed E-state index contributed by atoms with van der Waals surface area (Å²) < 4.78 is 10.5. The van der Waals surface area contributed by atoms with Crippen molar-refractivity contribution in [1.82, 2.24) is 0 Å². The van der Waals surface area contributed by atoms with Crippen LogP contribution in [0, 0.1) is 5.92 Å². The van der Waals surface area contributed by atoms with Crippen LogP contribution in [-0.4, -0.2) is 23.6 Å². The molecule has 0 radical (unpaired) electrons. The average Bonchev–Trinajstić information content (AvgIpc) is 2.44. The third-order valence-corrected chi connectivity index (χ3v) is 3.12. The monoisotopic (exact) mass is 314 g/mol. The number of allylic oxidation sites excluding steroid dienone is 3. The van der Waals surface area contributed by atoms with Crippen molar-refractivity contribution < 1.29 is 23.9 Å². The number of rotatable bonds is 5. The highest BCUT2D eigenvalue weighted by molar-refractivity contribution is 6.25. The molecule has 0 aromatic heterocycles. The van der Waals surface area contributed by atoms with Gasteiger partial charge in [0.2, 0.25) is 0 Å². The van der Waals surface area contributed by atoms with Crippen LogP contribution in [-0.2, 0) is 19.1 Å². The Hall–Kier alpha value is -2.69. The lowest BCUT2D eigenvalue weighted by molar-refractivity contribution is -0.151. The van der Waals surface area contributed by atoms with E-state index in [1.165, 1.54) is 19.1 Å². The van der Waals surface area contributed by atoms with Crippen LogP contribution in [0.4, 0.5) is 0 Å². The second kappa shape index (κ2) is 7.05. The fraction of sp³-hybridized carbons (Fsp3) is 0.278.